The van der Waals surface area contributed by atoms with Crippen LogP contribution in [0, 0.1) is 0 Å². The largest absolute Gasteiger partial charge is 0.421 e. The summed E-state index contributed by atoms with van der Waals surface area (Å²) in [5, 5.41) is 4.50. The Labute approximate surface area is 155 Å². The van der Waals surface area contributed by atoms with Crippen LogP contribution in [0.4, 0.5) is 5.82 Å². The molecule has 0 aliphatic heterocycles. The third-order valence-electron chi connectivity index (χ3n) is 5.12. The second-order valence-corrected chi connectivity index (χ2v) is 6.87. The number of hydrogen-bond donors (Lipinski definition) is 1. The van der Waals surface area contributed by atoms with Gasteiger partial charge in [0.1, 0.15) is 16.8 Å². The molecule has 0 unspecified atom stereocenters. The molecule has 0 atom stereocenters. The quantitative estimate of drug-likeness (QED) is 0.434. The zero-order valence-electron chi connectivity index (χ0n) is 15.3. The maximum atomic E-state index is 12.9. The number of carbonyl (C=O) groups excluding carboxylic acids is 2. The topological polar surface area (TPSA) is 89.3 Å². The van der Waals surface area contributed by atoms with Crippen molar-refractivity contribution in [3.63, 3.8) is 0 Å². The highest BCUT2D eigenvalue weighted by atomic mass is 16.4. The number of ketones is 1. The van der Waals surface area contributed by atoms with E-state index in [2.05, 4.69) is 10.3 Å². The van der Waals surface area contributed by atoms with Crippen molar-refractivity contribution in [3.8, 4) is 0 Å². The molecule has 0 bridgehead atoms. The number of nitrogens with one attached hydrogen (secondary N) is 1. The van der Waals surface area contributed by atoms with E-state index < -0.39 is 5.63 Å². The van der Waals surface area contributed by atoms with E-state index in [4.69, 9.17) is 4.42 Å². The van der Waals surface area contributed by atoms with Crippen molar-refractivity contribution in [1.29, 1.82) is 0 Å². The first-order valence-corrected chi connectivity index (χ1v) is 9.23. The zero-order valence-corrected chi connectivity index (χ0v) is 15.3. The minimum Gasteiger partial charge on any atom is -0.421 e. The normalized spacial score (nSPS) is 13.6. The van der Waals surface area contributed by atoms with Gasteiger partial charge in [-0.2, -0.15) is 0 Å². The Morgan fingerprint density at radius 3 is 2.70 bits per heavy atom. The Balaban J connectivity index is 2.18. The monoisotopic (exact) mass is 364 g/mol. The zero-order chi connectivity index (χ0) is 19.1. The van der Waals surface area contributed by atoms with Crippen molar-refractivity contribution in [2.45, 2.75) is 46.0 Å². The summed E-state index contributed by atoms with van der Waals surface area (Å²) in [7, 11) is 0. The molecule has 1 N–H and O–H groups in total. The smallest absolute Gasteiger partial charge is 0.348 e. The van der Waals surface area contributed by atoms with E-state index in [-0.39, 0.29) is 29.3 Å². The molecule has 3 aromatic rings. The van der Waals surface area contributed by atoms with E-state index in [0.717, 1.165) is 42.3 Å². The molecule has 0 saturated heterocycles. The van der Waals surface area contributed by atoms with Gasteiger partial charge in [-0.15, -0.1) is 0 Å². The Bertz CT molecular complexity index is 1160. The highest BCUT2D eigenvalue weighted by molar-refractivity contribution is 6.16. The minimum absolute atomic E-state index is 0.162. The van der Waals surface area contributed by atoms with Crippen LogP contribution in [0.1, 0.15) is 54.7 Å². The van der Waals surface area contributed by atoms with E-state index in [1.165, 1.54) is 6.92 Å². The molecule has 138 valence electrons. The number of benzene rings is 1. The highest BCUT2D eigenvalue weighted by Crippen LogP contribution is 2.35. The SMILES string of the molecule is CCC(=O)Nc1nc2c(c3c1c(=O)oc1c(C(C)=O)cccc13)CCCC2. The number of para-hydroxylation sites is 1. The molecule has 6 heteroatoms. The van der Waals surface area contributed by atoms with Crippen LogP contribution in [0.2, 0.25) is 0 Å². The number of nitrogens with zero attached hydrogens (tertiary/aromatic N) is 1. The summed E-state index contributed by atoms with van der Waals surface area (Å²) in [6.45, 7) is 3.20. The fourth-order valence-electron chi connectivity index (χ4n) is 3.81. The van der Waals surface area contributed by atoms with E-state index >= 15 is 0 Å². The molecule has 27 heavy (non-hydrogen) atoms. The molecule has 1 aliphatic rings. The van der Waals surface area contributed by atoms with Crippen LogP contribution in [0.3, 0.4) is 0 Å². The van der Waals surface area contributed by atoms with Gasteiger partial charge in [0.15, 0.2) is 5.78 Å². The summed E-state index contributed by atoms with van der Waals surface area (Å²) in [4.78, 5) is 41.5. The van der Waals surface area contributed by atoms with E-state index in [0.29, 0.717) is 16.5 Å². The molecule has 2 heterocycles. The van der Waals surface area contributed by atoms with Gasteiger partial charge in [0.2, 0.25) is 5.91 Å². The molecule has 0 spiro atoms. The fraction of sp³-hybridized carbons (Fsp3) is 0.333. The van der Waals surface area contributed by atoms with Gasteiger partial charge in [0.25, 0.3) is 0 Å². The second kappa shape index (κ2) is 6.61. The lowest BCUT2D eigenvalue weighted by Gasteiger charge is -2.20. The van der Waals surface area contributed by atoms with Crippen LogP contribution in [0.25, 0.3) is 21.7 Å². The van der Waals surface area contributed by atoms with Gasteiger partial charge in [-0.05, 0) is 44.2 Å². The van der Waals surface area contributed by atoms with Crippen molar-refractivity contribution in [3.05, 3.63) is 45.4 Å². The number of fused-ring (bicyclic) bond motifs is 5. The molecule has 0 saturated carbocycles. The Kier molecular flexibility index (Phi) is 4.26. The first-order chi connectivity index (χ1) is 13.0. The van der Waals surface area contributed by atoms with Crippen LogP contribution in [0.15, 0.2) is 27.4 Å². The van der Waals surface area contributed by atoms with Crippen LogP contribution in [-0.4, -0.2) is 16.7 Å². The Hall–Kier alpha value is -3.02. The van der Waals surface area contributed by atoms with Crippen molar-refractivity contribution < 1.29 is 14.0 Å². The first-order valence-electron chi connectivity index (χ1n) is 9.23. The van der Waals surface area contributed by atoms with Gasteiger partial charge in [-0.3, -0.25) is 9.59 Å². The number of aromatic nitrogens is 1. The number of pyridine rings is 1. The summed E-state index contributed by atoms with van der Waals surface area (Å²) in [6, 6.07) is 5.30. The number of amides is 1. The van der Waals surface area contributed by atoms with Gasteiger partial charge in [-0.25, -0.2) is 9.78 Å². The molecule has 6 nitrogen and oxygen atoms in total. The number of rotatable bonds is 3. The molecule has 1 amide bonds. The molecule has 1 aromatic carbocycles. The van der Waals surface area contributed by atoms with Gasteiger partial charge in [0.05, 0.1) is 5.56 Å². The van der Waals surface area contributed by atoms with Crippen molar-refractivity contribution in [1.82, 2.24) is 4.98 Å². The number of carbonyl (C=O) groups is 2. The molecule has 0 radical (unpaired) electrons. The molecule has 4 rings (SSSR count). The maximum absolute atomic E-state index is 12.9. The van der Waals surface area contributed by atoms with Crippen LogP contribution in [-0.2, 0) is 17.6 Å². The summed E-state index contributed by atoms with van der Waals surface area (Å²) in [6.07, 6.45) is 3.93. The second-order valence-electron chi connectivity index (χ2n) is 6.87. The first kappa shape index (κ1) is 17.4. The van der Waals surface area contributed by atoms with E-state index in [1.54, 1.807) is 19.1 Å². The maximum Gasteiger partial charge on any atom is 0.348 e. The predicted octanol–water partition coefficient (Wildman–Crippen LogP) is 3.77. The summed E-state index contributed by atoms with van der Waals surface area (Å²) >= 11 is 0. The van der Waals surface area contributed by atoms with Gasteiger partial charge < -0.3 is 9.73 Å². The van der Waals surface area contributed by atoms with Crippen molar-refractivity contribution >= 4 is 39.2 Å². The van der Waals surface area contributed by atoms with Crippen LogP contribution < -0.4 is 10.9 Å². The highest BCUT2D eigenvalue weighted by Gasteiger charge is 2.24. The average molecular weight is 364 g/mol. The molecule has 0 fully saturated rings. The van der Waals surface area contributed by atoms with Crippen LogP contribution in [0.5, 0.6) is 0 Å². The van der Waals surface area contributed by atoms with Crippen molar-refractivity contribution in [2.24, 2.45) is 0 Å². The van der Waals surface area contributed by atoms with E-state index in [9.17, 15) is 14.4 Å². The number of anilines is 1. The van der Waals surface area contributed by atoms with E-state index in [1.807, 2.05) is 6.07 Å². The number of Topliss-reactive ketones (excluding diaryl/α,β-unsaturated/α-hetero) is 1. The lowest BCUT2D eigenvalue weighted by atomic mass is 9.90. The third kappa shape index (κ3) is 2.81. The predicted molar refractivity (Wildman–Crippen MR) is 103 cm³/mol. The summed E-state index contributed by atoms with van der Waals surface area (Å²) in [5.74, 6) is -0.122. The molecular formula is C21H20N2O4. The van der Waals surface area contributed by atoms with Crippen molar-refractivity contribution in [2.75, 3.05) is 5.32 Å². The number of hydrogen-bond acceptors (Lipinski definition) is 5. The van der Waals surface area contributed by atoms with Gasteiger partial charge in [0, 0.05) is 22.9 Å². The molecule has 1 aliphatic carbocycles. The molecule has 2 aromatic heterocycles. The lowest BCUT2D eigenvalue weighted by Crippen LogP contribution is -2.18. The third-order valence-corrected chi connectivity index (χ3v) is 5.12. The van der Waals surface area contributed by atoms with Gasteiger partial charge in [-0.1, -0.05) is 19.1 Å². The lowest BCUT2D eigenvalue weighted by molar-refractivity contribution is -0.115. The average Bonchev–Trinajstić information content (AvgIpc) is 2.66. The minimum atomic E-state index is -0.585. The van der Waals surface area contributed by atoms with Gasteiger partial charge >= 0.3 is 5.63 Å². The van der Waals surface area contributed by atoms with Crippen LogP contribution >= 0.6 is 0 Å². The summed E-state index contributed by atoms with van der Waals surface area (Å²) < 4.78 is 5.55. The standard InChI is InChI=1S/C21H20N2O4/c1-3-16(25)23-20-18-17(13-7-4-5-10-15(13)22-20)14-9-6-8-12(11(2)24)19(14)27-21(18)26/h6,8-9H,3-5,7,10H2,1-2H3,(H,22,23,25). The Morgan fingerprint density at radius 2 is 1.96 bits per heavy atom. The number of aryl methyl sites for hydroxylation is 2. The fourth-order valence-corrected chi connectivity index (χ4v) is 3.81. The summed E-state index contributed by atoms with van der Waals surface area (Å²) in [5.41, 5.74) is 2.02. The molecular weight excluding hydrogens is 344 g/mol. The Morgan fingerprint density at radius 1 is 1.19 bits per heavy atom.